The van der Waals surface area contributed by atoms with Crippen LogP contribution in [0.1, 0.15) is 18.5 Å². The Kier molecular flexibility index (Phi) is 6.04. The van der Waals surface area contributed by atoms with Crippen molar-refractivity contribution in [2.75, 3.05) is 32.0 Å². The van der Waals surface area contributed by atoms with Gasteiger partial charge in [0.2, 0.25) is 5.95 Å². The van der Waals surface area contributed by atoms with E-state index in [-0.39, 0.29) is 5.91 Å². The highest BCUT2D eigenvalue weighted by Crippen LogP contribution is 2.38. The molecule has 1 atom stereocenters. The second-order valence-corrected chi connectivity index (χ2v) is 7.86. The van der Waals surface area contributed by atoms with Crippen LogP contribution >= 0.6 is 15.9 Å². The first kappa shape index (κ1) is 21.7. The summed E-state index contributed by atoms with van der Waals surface area (Å²) in [5.41, 5.74) is 2.54. The van der Waals surface area contributed by atoms with Gasteiger partial charge in [-0.1, -0.05) is 6.07 Å². The number of rotatable bonds is 6. The van der Waals surface area contributed by atoms with Crippen molar-refractivity contribution < 1.29 is 19.0 Å². The highest BCUT2D eigenvalue weighted by molar-refractivity contribution is 9.10. The lowest BCUT2D eigenvalue weighted by atomic mass is 9.95. The molecule has 0 aliphatic carbocycles. The van der Waals surface area contributed by atoms with E-state index in [4.69, 9.17) is 14.2 Å². The Morgan fingerprint density at radius 2 is 1.88 bits per heavy atom. The van der Waals surface area contributed by atoms with Gasteiger partial charge in [-0.25, -0.2) is 4.68 Å². The zero-order chi connectivity index (χ0) is 22.8. The fourth-order valence-electron chi connectivity index (χ4n) is 3.64. The third kappa shape index (κ3) is 3.89. The van der Waals surface area contributed by atoms with E-state index < -0.39 is 6.04 Å². The number of anilines is 2. The third-order valence-electron chi connectivity index (χ3n) is 5.19. The van der Waals surface area contributed by atoms with Gasteiger partial charge in [0.25, 0.3) is 5.91 Å². The quantitative estimate of drug-likeness (QED) is 0.528. The number of aromatic nitrogens is 3. The molecule has 1 aliphatic rings. The Morgan fingerprint density at radius 1 is 1.09 bits per heavy atom. The maximum Gasteiger partial charge on any atom is 0.255 e. The van der Waals surface area contributed by atoms with E-state index in [9.17, 15) is 4.79 Å². The van der Waals surface area contributed by atoms with Gasteiger partial charge in [-0.2, -0.15) is 10.1 Å². The number of allylic oxidation sites excluding steroid dienone is 1. The summed E-state index contributed by atoms with van der Waals surface area (Å²) in [6.07, 6.45) is 1.45. The van der Waals surface area contributed by atoms with Crippen LogP contribution < -0.4 is 24.8 Å². The molecule has 0 saturated carbocycles. The number of nitrogens with zero attached hydrogens (tertiary/aromatic N) is 3. The van der Waals surface area contributed by atoms with Crippen LogP contribution in [0, 0.1) is 0 Å². The SMILES string of the molecule is COc1ccc(NC(=O)C2=C(C)Nc3ncnn3[C@@H]2c2ccc(OC)c(Br)c2)c(OC)c1. The molecule has 4 rings (SSSR count). The fraction of sp³-hybridized carbons (Fsp3) is 0.227. The van der Waals surface area contributed by atoms with E-state index in [0.717, 1.165) is 10.0 Å². The van der Waals surface area contributed by atoms with Crippen molar-refractivity contribution in [2.45, 2.75) is 13.0 Å². The number of carbonyl (C=O) groups excluding carboxylic acids is 1. The number of carbonyl (C=O) groups is 1. The first-order valence-electron chi connectivity index (χ1n) is 9.71. The summed E-state index contributed by atoms with van der Waals surface area (Å²) >= 11 is 3.53. The molecule has 1 aromatic heterocycles. The molecule has 1 amide bonds. The number of nitrogens with one attached hydrogen (secondary N) is 2. The number of halogens is 1. The summed E-state index contributed by atoms with van der Waals surface area (Å²) in [7, 11) is 4.71. The van der Waals surface area contributed by atoms with Crippen molar-refractivity contribution >= 4 is 33.5 Å². The third-order valence-corrected chi connectivity index (χ3v) is 5.81. The maximum atomic E-state index is 13.5. The van der Waals surface area contributed by atoms with Crippen LogP contribution in [-0.4, -0.2) is 42.0 Å². The Balaban J connectivity index is 1.75. The largest absolute Gasteiger partial charge is 0.497 e. The van der Waals surface area contributed by atoms with Crippen LogP contribution in [0.2, 0.25) is 0 Å². The van der Waals surface area contributed by atoms with Crippen molar-refractivity contribution in [3.8, 4) is 17.2 Å². The van der Waals surface area contributed by atoms with Gasteiger partial charge in [-0.15, -0.1) is 0 Å². The van der Waals surface area contributed by atoms with Crippen LogP contribution in [-0.2, 0) is 4.79 Å². The van der Waals surface area contributed by atoms with Gasteiger partial charge in [0.15, 0.2) is 0 Å². The van der Waals surface area contributed by atoms with Gasteiger partial charge < -0.3 is 24.8 Å². The first-order chi connectivity index (χ1) is 15.5. The monoisotopic (exact) mass is 499 g/mol. The lowest BCUT2D eigenvalue weighted by molar-refractivity contribution is -0.113. The van der Waals surface area contributed by atoms with Crippen LogP contribution in [0.5, 0.6) is 17.2 Å². The minimum Gasteiger partial charge on any atom is -0.497 e. The number of benzene rings is 2. The normalized spacial score (nSPS) is 15.0. The molecule has 2 N–H and O–H groups in total. The topological polar surface area (TPSA) is 99.5 Å². The molecule has 2 aromatic carbocycles. The molecule has 2 heterocycles. The van der Waals surface area contributed by atoms with Gasteiger partial charge >= 0.3 is 0 Å². The van der Waals surface area contributed by atoms with Gasteiger partial charge in [-0.05, 0) is 52.7 Å². The number of hydrogen-bond donors (Lipinski definition) is 2. The number of hydrogen-bond acceptors (Lipinski definition) is 7. The molecule has 1 aliphatic heterocycles. The van der Waals surface area contributed by atoms with Crippen LogP contribution in [0.15, 0.2) is 58.5 Å². The molecule has 0 unspecified atom stereocenters. The molecule has 9 nitrogen and oxygen atoms in total. The summed E-state index contributed by atoms with van der Waals surface area (Å²) in [6.45, 7) is 1.84. The van der Waals surface area contributed by atoms with E-state index in [2.05, 4.69) is 36.6 Å². The van der Waals surface area contributed by atoms with Crippen molar-refractivity contribution in [2.24, 2.45) is 0 Å². The van der Waals surface area contributed by atoms with E-state index in [1.54, 1.807) is 37.1 Å². The average molecular weight is 500 g/mol. The van der Waals surface area contributed by atoms with Gasteiger partial charge in [0, 0.05) is 11.8 Å². The van der Waals surface area contributed by atoms with Gasteiger partial charge in [0.1, 0.15) is 29.6 Å². The number of methoxy groups -OCH3 is 3. The van der Waals surface area contributed by atoms with E-state index in [1.165, 1.54) is 13.4 Å². The second-order valence-electron chi connectivity index (χ2n) is 7.01. The van der Waals surface area contributed by atoms with Crippen LogP contribution in [0.4, 0.5) is 11.6 Å². The molecule has 0 bridgehead atoms. The lowest BCUT2D eigenvalue weighted by Crippen LogP contribution is -2.31. The molecule has 0 radical (unpaired) electrons. The summed E-state index contributed by atoms with van der Waals surface area (Å²) in [5.74, 6) is 2.07. The molecule has 10 heteroatoms. The Bertz CT molecular complexity index is 1210. The predicted octanol–water partition coefficient (Wildman–Crippen LogP) is 3.99. The highest BCUT2D eigenvalue weighted by Gasteiger charge is 2.34. The van der Waals surface area contributed by atoms with Crippen LogP contribution in [0.25, 0.3) is 0 Å². The maximum absolute atomic E-state index is 13.5. The fourth-order valence-corrected chi connectivity index (χ4v) is 4.20. The summed E-state index contributed by atoms with van der Waals surface area (Å²) in [5, 5.41) is 10.5. The zero-order valence-electron chi connectivity index (χ0n) is 18.0. The predicted molar refractivity (Wildman–Crippen MR) is 123 cm³/mol. The summed E-state index contributed by atoms with van der Waals surface area (Å²) in [4.78, 5) is 17.8. The Hall–Kier alpha value is -3.53. The summed E-state index contributed by atoms with van der Waals surface area (Å²) < 4.78 is 18.5. The second kappa shape index (κ2) is 8.91. The minimum atomic E-state index is -0.500. The molecule has 0 saturated heterocycles. The Labute approximate surface area is 193 Å². The standard InChI is InChI=1S/C22H22BrN5O4/c1-12-19(21(29)27-16-7-6-14(30-2)10-18(16)32-4)20(28-22(26-12)24-11-25-28)13-5-8-17(31-3)15(23)9-13/h5-11,20H,1-4H3,(H,27,29)(H,24,25,26)/t20-/m1/s1. The summed E-state index contributed by atoms with van der Waals surface area (Å²) in [6, 6.07) is 10.4. The van der Waals surface area contributed by atoms with Crippen molar-refractivity contribution in [1.29, 1.82) is 0 Å². The molecular formula is C22H22BrN5O4. The molecular weight excluding hydrogens is 478 g/mol. The molecule has 3 aromatic rings. The molecule has 32 heavy (non-hydrogen) atoms. The smallest absolute Gasteiger partial charge is 0.255 e. The van der Waals surface area contributed by atoms with E-state index >= 15 is 0 Å². The van der Waals surface area contributed by atoms with Gasteiger partial charge in [0.05, 0.1) is 37.1 Å². The molecule has 0 spiro atoms. The minimum absolute atomic E-state index is 0.295. The Morgan fingerprint density at radius 3 is 2.56 bits per heavy atom. The lowest BCUT2D eigenvalue weighted by Gasteiger charge is -2.29. The van der Waals surface area contributed by atoms with Crippen molar-refractivity contribution in [3.63, 3.8) is 0 Å². The molecule has 0 fully saturated rings. The van der Waals surface area contributed by atoms with E-state index in [0.29, 0.717) is 40.2 Å². The highest BCUT2D eigenvalue weighted by atomic mass is 79.9. The van der Waals surface area contributed by atoms with Crippen molar-refractivity contribution in [3.05, 3.63) is 64.0 Å². The molecule has 166 valence electrons. The van der Waals surface area contributed by atoms with Crippen molar-refractivity contribution in [1.82, 2.24) is 14.8 Å². The van der Waals surface area contributed by atoms with Crippen LogP contribution in [0.3, 0.4) is 0 Å². The van der Waals surface area contributed by atoms with E-state index in [1.807, 2.05) is 25.1 Å². The first-order valence-corrected chi connectivity index (χ1v) is 10.5. The zero-order valence-corrected chi connectivity index (χ0v) is 19.6. The number of amides is 1. The number of ether oxygens (including phenoxy) is 3. The number of fused-ring (bicyclic) bond motifs is 1. The average Bonchev–Trinajstić information content (AvgIpc) is 3.26. The van der Waals surface area contributed by atoms with Gasteiger partial charge in [-0.3, -0.25) is 4.79 Å².